The number of rotatable bonds is 3. The molecule has 0 fully saturated rings. The molecule has 0 saturated heterocycles. The van der Waals surface area contributed by atoms with Crippen molar-refractivity contribution in [1.29, 1.82) is 0 Å². The number of carboxylic acid groups (broad SMARTS) is 1. The van der Waals surface area contributed by atoms with Gasteiger partial charge in [0.15, 0.2) is 0 Å². The summed E-state index contributed by atoms with van der Waals surface area (Å²) in [6.45, 7) is 1.82. The van der Waals surface area contributed by atoms with Crippen molar-refractivity contribution in [2.24, 2.45) is 0 Å². The van der Waals surface area contributed by atoms with Crippen LogP contribution in [0.5, 0.6) is 0 Å². The van der Waals surface area contributed by atoms with Gasteiger partial charge in [-0.2, -0.15) is 0 Å². The summed E-state index contributed by atoms with van der Waals surface area (Å²) in [5.41, 5.74) is 1.24. The molecular formula is C9H11NO2. The van der Waals surface area contributed by atoms with Gasteiger partial charge in [0.05, 0.1) is 0 Å². The van der Waals surface area contributed by atoms with Crippen molar-refractivity contribution >= 4 is 12.0 Å². The summed E-state index contributed by atoms with van der Waals surface area (Å²) in [6, 6.07) is 3.67. The SMILES string of the molecule is CCC(=Cc1ccc[nH]1)C(=O)O. The molecule has 1 aromatic rings. The molecule has 1 aromatic heterocycles. The maximum absolute atomic E-state index is 10.6. The minimum absolute atomic E-state index is 0.414. The first kappa shape index (κ1) is 8.59. The molecule has 0 bridgehead atoms. The summed E-state index contributed by atoms with van der Waals surface area (Å²) in [5.74, 6) is -0.855. The van der Waals surface area contributed by atoms with Crippen molar-refractivity contribution in [3.63, 3.8) is 0 Å². The fraction of sp³-hybridized carbons (Fsp3) is 0.222. The highest BCUT2D eigenvalue weighted by Gasteiger charge is 2.03. The standard InChI is InChI=1S/C9H11NO2/c1-2-7(9(11)12)6-8-4-3-5-10-8/h3-6,10H,2H2,1H3,(H,11,12). The van der Waals surface area contributed by atoms with E-state index in [9.17, 15) is 4.79 Å². The van der Waals surface area contributed by atoms with Crippen LogP contribution in [-0.2, 0) is 4.79 Å². The molecule has 0 aliphatic rings. The van der Waals surface area contributed by atoms with Crippen LogP contribution in [0.3, 0.4) is 0 Å². The Balaban J connectivity index is 2.85. The van der Waals surface area contributed by atoms with E-state index < -0.39 is 5.97 Å². The second kappa shape index (κ2) is 3.76. The lowest BCUT2D eigenvalue weighted by Gasteiger charge is -1.95. The van der Waals surface area contributed by atoms with Gasteiger partial charge in [0.2, 0.25) is 0 Å². The smallest absolute Gasteiger partial charge is 0.331 e. The summed E-state index contributed by atoms with van der Waals surface area (Å²) >= 11 is 0. The van der Waals surface area contributed by atoms with Gasteiger partial charge in [0.25, 0.3) is 0 Å². The van der Waals surface area contributed by atoms with E-state index in [1.54, 1.807) is 12.3 Å². The number of hydrogen-bond donors (Lipinski definition) is 2. The Morgan fingerprint density at radius 2 is 2.50 bits per heavy atom. The monoisotopic (exact) mass is 165 g/mol. The van der Waals surface area contributed by atoms with E-state index in [1.807, 2.05) is 19.1 Å². The Kier molecular flexibility index (Phi) is 2.69. The number of nitrogens with one attached hydrogen (secondary N) is 1. The lowest BCUT2D eigenvalue weighted by Crippen LogP contribution is -1.98. The van der Waals surface area contributed by atoms with Gasteiger partial charge in [0.1, 0.15) is 0 Å². The van der Waals surface area contributed by atoms with Gasteiger partial charge in [-0.1, -0.05) is 6.92 Å². The third kappa shape index (κ3) is 1.99. The molecular weight excluding hydrogens is 154 g/mol. The Morgan fingerprint density at radius 1 is 1.75 bits per heavy atom. The molecule has 0 amide bonds. The maximum Gasteiger partial charge on any atom is 0.331 e. The van der Waals surface area contributed by atoms with Gasteiger partial charge in [-0.05, 0) is 24.6 Å². The zero-order chi connectivity index (χ0) is 8.97. The molecule has 0 atom stereocenters. The summed E-state index contributed by atoms with van der Waals surface area (Å²) in [5, 5.41) is 8.69. The van der Waals surface area contributed by atoms with E-state index in [4.69, 9.17) is 5.11 Å². The predicted octanol–water partition coefficient (Wildman–Crippen LogP) is 1.89. The fourth-order valence-electron chi connectivity index (χ4n) is 0.937. The zero-order valence-corrected chi connectivity index (χ0v) is 6.87. The minimum Gasteiger partial charge on any atom is -0.478 e. The summed E-state index contributed by atoms with van der Waals surface area (Å²) in [7, 11) is 0. The van der Waals surface area contributed by atoms with Crippen LogP contribution in [0, 0.1) is 0 Å². The van der Waals surface area contributed by atoms with Crippen LogP contribution in [0.25, 0.3) is 6.08 Å². The molecule has 64 valence electrons. The highest BCUT2D eigenvalue weighted by Crippen LogP contribution is 2.07. The molecule has 12 heavy (non-hydrogen) atoms. The third-order valence-electron chi connectivity index (χ3n) is 1.61. The second-order valence-corrected chi connectivity index (χ2v) is 2.45. The molecule has 0 aromatic carbocycles. The third-order valence-corrected chi connectivity index (χ3v) is 1.61. The fourth-order valence-corrected chi connectivity index (χ4v) is 0.937. The number of aliphatic carboxylic acids is 1. The van der Waals surface area contributed by atoms with E-state index in [0.717, 1.165) is 5.69 Å². The quantitative estimate of drug-likeness (QED) is 0.672. The molecule has 0 radical (unpaired) electrons. The van der Waals surface area contributed by atoms with Crippen LogP contribution < -0.4 is 0 Å². The van der Waals surface area contributed by atoms with Crippen LogP contribution in [0.2, 0.25) is 0 Å². The summed E-state index contributed by atoms with van der Waals surface area (Å²) in [4.78, 5) is 13.5. The van der Waals surface area contributed by atoms with Gasteiger partial charge in [-0.25, -0.2) is 4.79 Å². The predicted molar refractivity (Wildman–Crippen MR) is 46.7 cm³/mol. The van der Waals surface area contributed by atoms with Crippen LogP contribution in [-0.4, -0.2) is 16.1 Å². The summed E-state index contributed by atoms with van der Waals surface area (Å²) < 4.78 is 0. The molecule has 3 nitrogen and oxygen atoms in total. The number of carboxylic acids is 1. The molecule has 1 rings (SSSR count). The highest BCUT2D eigenvalue weighted by atomic mass is 16.4. The first-order chi connectivity index (χ1) is 5.74. The van der Waals surface area contributed by atoms with Crippen LogP contribution in [0.1, 0.15) is 19.0 Å². The highest BCUT2D eigenvalue weighted by molar-refractivity contribution is 5.91. The van der Waals surface area contributed by atoms with Crippen molar-refractivity contribution in [2.45, 2.75) is 13.3 Å². The molecule has 0 aliphatic carbocycles. The first-order valence-electron chi connectivity index (χ1n) is 3.81. The van der Waals surface area contributed by atoms with Gasteiger partial charge >= 0.3 is 5.97 Å². The molecule has 0 aliphatic heterocycles. The Hall–Kier alpha value is -1.51. The molecule has 1 heterocycles. The number of H-pyrrole nitrogens is 1. The zero-order valence-electron chi connectivity index (χ0n) is 6.87. The number of aromatic nitrogens is 1. The van der Waals surface area contributed by atoms with Crippen molar-refractivity contribution in [3.05, 3.63) is 29.6 Å². The largest absolute Gasteiger partial charge is 0.478 e. The van der Waals surface area contributed by atoms with E-state index in [1.165, 1.54) is 0 Å². The van der Waals surface area contributed by atoms with Gasteiger partial charge in [0, 0.05) is 17.5 Å². The lowest BCUT2D eigenvalue weighted by atomic mass is 10.2. The molecule has 2 N–H and O–H groups in total. The first-order valence-corrected chi connectivity index (χ1v) is 3.81. The average molecular weight is 165 g/mol. The van der Waals surface area contributed by atoms with Crippen molar-refractivity contribution in [1.82, 2.24) is 4.98 Å². The molecule has 0 saturated carbocycles. The number of carbonyl (C=O) groups is 1. The van der Waals surface area contributed by atoms with Crippen LogP contribution >= 0.6 is 0 Å². The average Bonchev–Trinajstić information content (AvgIpc) is 2.51. The Morgan fingerprint density at radius 3 is 2.92 bits per heavy atom. The lowest BCUT2D eigenvalue weighted by molar-refractivity contribution is -0.132. The van der Waals surface area contributed by atoms with E-state index in [0.29, 0.717) is 12.0 Å². The normalized spacial score (nSPS) is 11.6. The number of aromatic amines is 1. The summed E-state index contributed by atoms with van der Waals surface area (Å²) in [6.07, 6.45) is 3.94. The Bertz CT molecular complexity index is 285. The molecule has 0 unspecified atom stereocenters. The topological polar surface area (TPSA) is 53.1 Å². The van der Waals surface area contributed by atoms with Gasteiger partial charge in [-0.3, -0.25) is 0 Å². The van der Waals surface area contributed by atoms with Gasteiger partial charge in [-0.15, -0.1) is 0 Å². The second-order valence-electron chi connectivity index (χ2n) is 2.45. The van der Waals surface area contributed by atoms with Crippen molar-refractivity contribution < 1.29 is 9.90 Å². The van der Waals surface area contributed by atoms with Crippen molar-refractivity contribution in [2.75, 3.05) is 0 Å². The van der Waals surface area contributed by atoms with Crippen molar-refractivity contribution in [3.8, 4) is 0 Å². The Labute approximate surface area is 70.7 Å². The molecule has 3 heteroatoms. The molecule has 0 spiro atoms. The van der Waals surface area contributed by atoms with Crippen LogP contribution in [0.4, 0.5) is 0 Å². The van der Waals surface area contributed by atoms with E-state index >= 15 is 0 Å². The number of hydrogen-bond acceptors (Lipinski definition) is 1. The van der Waals surface area contributed by atoms with E-state index in [-0.39, 0.29) is 0 Å². The maximum atomic E-state index is 10.6. The van der Waals surface area contributed by atoms with Gasteiger partial charge < -0.3 is 10.1 Å². The van der Waals surface area contributed by atoms with Crippen LogP contribution in [0.15, 0.2) is 23.9 Å². The minimum atomic E-state index is -0.855. The van der Waals surface area contributed by atoms with E-state index in [2.05, 4.69) is 4.98 Å².